The summed E-state index contributed by atoms with van der Waals surface area (Å²) in [6, 6.07) is 7.99. The van der Waals surface area contributed by atoms with Gasteiger partial charge in [0.25, 0.3) is 5.91 Å². The number of rotatable bonds is 7. The third kappa shape index (κ3) is 5.38. The van der Waals surface area contributed by atoms with E-state index in [0.29, 0.717) is 13.1 Å². The van der Waals surface area contributed by atoms with Gasteiger partial charge in [0.2, 0.25) is 0 Å². The second kappa shape index (κ2) is 10.0. The molecule has 3 amide bonds. The van der Waals surface area contributed by atoms with Gasteiger partial charge in [-0.25, -0.2) is 4.79 Å². The SMILES string of the molecule is CCc1ccccc1OCC(=O)NC1CCN(C(=O)N(CC)CC)CC1. The van der Waals surface area contributed by atoms with E-state index in [-0.39, 0.29) is 24.6 Å². The van der Waals surface area contributed by atoms with Gasteiger partial charge in [0.1, 0.15) is 5.75 Å². The fourth-order valence-corrected chi connectivity index (χ4v) is 3.26. The summed E-state index contributed by atoms with van der Waals surface area (Å²) in [6.07, 6.45) is 2.44. The molecule has 144 valence electrons. The number of hydrogen-bond donors (Lipinski definition) is 1. The Labute approximate surface area is 156 Å². The number of benzene rings is 1. The number of carbonyl (C=O) groups is 2. The minimum Gasteiger partial charge on any atom is -0.483 e. The van der Waals surface area contributed by atoms with Crippen LogP contribution in [0.2, 0.25) is 0 Å². The number of ether oxygens (including phenoxy) is 1. The van der Waals surface area contributed by atoms with E-state index in [0.717, 1.165) is 43.7 Å². The molecule has 1 aliphatic rings. The number of piperidine rings is 1. The highest BCUT2D eigenvalue weighted by molar-refractivity contribution is 5.78. The molecule has 1 N–H and O–H groups in total. The molecule has 0 radical (unpaired) electrons. The molecule has 6 nitrogen and oxygen atoms in total. The van der Waals surface area contributed by atoms with Gasteiger partial charge in [-0.2, -0.15) is 0 Å². The van der Waals surface area contributed by atoms with Gasteiger partial charge in [0, 0.05) is 32.2 Å². The molecule has 1 aromatic carbocycles. The summed E-state index contributed by atoms with van der Waals surface area (Å²) in [4.78, 5) is 28.2. The Morgan fingerprint density at radius 2 is 1.81 bits per heavy atom. The number of urea groups is 1. The summed E-state index contributed by atoms with van der Waals surface area (Å²) in [7, 11) is 0. The Hall–Kier alpha value is -2.24. The maximum absolute atomic E-state index is 12.4. The Kier molecular flexibility index (Phi) is 7.75. The first kappa shape index (κ1) is 20.1. The first-order chi connectivity index (χ1) is 12.6. The highest BCUT2D eigenvalue weighted by Crippen LogP contribution is 2.18. The van der Waals surface area contributed by atoms with Crippen molar-refractivity contribution < 1.29 is 14.3 Å². The second-order valence-electron chi connectivity index (χ2n) is 6.53. The van der Waals surface area contributed by atoms with E-state index in [1.165, 1.54) is 0 Å². The van der Waals surface area contributed by atoms with Gasteiger partial charge in [-0.05, 0) is 44.7 Å². The number of para-hydroxylation sites is 1. The minimum atomic E-state index is -0.107. The van der Waals surface area contributed by atoms with Crippen molar-refractivity contribution in [1.29, 1.82) is 0 Å². The van der Waals surface area contributed by atoms with Crippen LogP contribution in [-0.4, -0.2) is 60.6 Å². The molecular weight excluding hydrogens is 330 g/mol. The lowest BCUT2D eigenvalue weighted by Gasteiger charge is -2.35. The lowest BCUT2D eigenvalue weighted by molar-refractivity contribution is -0.124. The highest BCUT2D eigenvalue weighted by Gasteiger charge is 2.26. The van der Waals surface area contributed by atoms with Crippen molar-refractivity contribution in [3.63, 3.8) is 0 Å². The van der Waals surface area contributed by atoms with Crippen LogP contribution in [0.4, 0.5) is 4.79 Å². The molecule has 1 aromatic rings. The van der Waals surface area contributed by atoms with Crippen molar-refractivity contribution >= 4 is 11.9 Å². The van der Waals surface area contributed by atoms with Gasteiger partial charge in [0.15, 0.2) is 6.61 Å². The molecule has 0 bridgehead atoms. The zero-order valence-corrected chi connectivity index (χ0v) is 16.2. The van der Waals surface area contributed by atoms with Crippen molar-refractivity contribution in [2.45, 2.75) is 46.1 Å². The summed E-state index contributed by atoms with van der Waals surface area (Å²) in [5.41, 5.74) is 1.10. The van der Waals surface area contributed by atoms with E-state index in [4.69, 9.17) is 4.74 Å². The number of amides is 3. The Balaban J connectivity index is 1.75. The summed E-state index contributed by atoms with van der Waals surface area (Å²) in [6.45, 7) is 8.88. The zero-order chi connectivity index (χ0) is 18.9. The van der Waals surface area contributed by atoms with Crippen molar-refractivity contribution in [3.05, 3.63) is 29.8 Å². The average molecular weight is 361 g/mol. The zero-order valence-electron chi connectivity index (χ0n) is 16.2. The lowest BCUT2D eigenvalue weighted by atomic mass is 10.1. The van der Waals surface area contributed by atoms with Gasteiger partial charge < -0.3 is 19.9 Å². The molecule has 0 spiro atoms. The molecule has 1 saturated heterocycles. The van der Waals surface area contributed by atoms with Gasteiger partial charge in [-0.1, -0.05) is 25.1 Å². The maximum Gasteiger partial charge on any atom is 0.319 e. The lowest BCUT2D eigenvalue weighted by Crippen LogP contribution is -2.51. The molecule has 2 rings (SSSR count). The molecule has 1 fully saturated rings. The number of likely N-dealkylation sites (tertiary alicyclic amines) is 1. The average Bonchev–Trinajstić information content (AvgIpc) is 2.68. The Morgan fingerprint density at radius 3 is 2.42 bits per heavy atom. The fourth-order valence-electron chi connectivity index (χ4n) is 3.26. The third-order valence-electron chi connectivity index (χ3n) is 4.88. The molecule has 26 heavy (non-hydrogen) atoms. The van der Waals surface area contributed by atoms with Gasteiger partial charge in [-0.3, -0.25) is 4.79 Å². The van der Waals surface area contributed by atoms with Crippen LogP contribution in [0.5, 0.6) is 5.75 Å². The van der Waals surface area contributed by atoms with Gasteiger partial charge in [0.05, 0.1) is 0 Å². The fraction of sp³-hybridized carbons (Fsp3) is 0.600. The van der Waals surface area contributed by atoms with Crippen molar-refractivity contribution in [2.24, 2.45) is 0 Å². The Morgan fingerprint density at radius 1 is 1.15 bits per heavy atom. The molecule has 1 aliphatic heterocycles. The summed E-state index contributed by atoms with van der Waals surface area (Å²) in [5, 5.41) is 3.03. The van der Waals surface area contributed by atoms with E-state index in [2.05, 4.69) is 12.2 Å². The van der Waals surface area contributed by atoms with E-state index in [9.17, 15) is 9.59 Å². The minimum absolute atomic E-state index is 0.0234. The molecule has 0 atom stereocenters. The van der Waals surface area contributed by atoms with Crippen LogP contribution in [0.1, 0.15) is 39.2 Å². The highest BCUT2D eigenvalue weighted by atomic mass is 16.5. The first-order valence-corrected chi connectivity index (χ1v) is 9.62. The third-order valence-corrected chi connectivity index (χ3v) is 4.88. The van der Waals surface area contributed by atoms with Crippen molar-refractivity contribution in [1.82, 2.24) is 15.1 Å². The number of hydrogen-bond acceptors (Lipinski definition) is 3. The smallest absolute Gasteiger partial charge is 0.319 e. The molecule has 6 heteroatoms. The van der Waals surface area contributed by atoms with Gasteiger partial charge >= 0.3 is 6.03 Å². The molecular formula is C20H31N3O3. The van der Waals surface area contributed by atoms with E-state index >= 15 is 0 Å². The van der Waals surface area contributed by atoms with Crippen molar-refractivity contribution in [3.8, 4) is 5.75 Å². The quantitative estimate of drug-likeness (QED) is 0.812. The maximum atomic E-state index is 12.4. The monoisotopic (exact) mass is 361 g/mol. The Bertz CT molecular complexity index is 594. The predicted molar refractivity (Wildman–Crippen MR) is 102 cm³/mol. The predicted octanol–water partition coefficient (Wildman–Crippen LogP) is 2.67. The molecule has 0 unspecified atom stereocenters. The topological polar surface area (TPSA) is 61.9 Å². The number of nitrogens with one attached hydrogen (secondary N) is 1. The van der Waals surface area contributed by atoms with Crippen LogP contribution >= 0.6 is 0 Å². The number of carbonyl (C=O) groups excluding carboxylic acids is 2. The molecule has 0 aliphatic carbocycles. The summed E-state index contributed by atoms with van der Waals surface area (Å²) >= 11 is 0. The van der Waals surface area contributed by atoms with Crippen LogP contribution < -0.4 is 10.1 Å². The van der Waals surface area contributed by atoms with Crippen LogP contribution in [0.15, 0.2) is 24.3 Å². The number of nitrogens with zero attached hydrogens (tertiary/aromatic N) is 2. The van der Waals surface area contributed by atoms with Crippen molar-refractivity contribution in [2.75, 3.05) is 32.8 Å². The molecule has 0 aromatic heterocycles. The van der Waals surface area contributed by atoms with Gasteiger partial charge in [-0.15, -0.1) is 0 Å². The van der Waals surface area contributed by atoms with E-state index in [1.807, 2.05) is 47.9 Å². The van der Waals surface area contributed by atoms with E-state index < -0.39 is 0 Å². The largest absolute Gasteiger partial charge is 0.483 e. The molecule has 0 saturated carbocycles. The first-order valence-electron chi connectivity index (χ1n) is 9.62. The number of aryl methyl sites for hydroxylation is 1. The summed E-state index contributed by atoms with van der Waals surface area (Å²) < 4.78 is 5.67. The summed E-state index contributed by atoms with van der Waals surface area (Å²) in [5.74, 6) is 0.661. The van der Waals surface area contributed by atoms with Crippen LogP contribution in [0.3, 0.4) is 0 Å². The van der Waals surface area contributed by atoms with Crippen LogP contribution in [0, 0.1) is 0 Å². The van der Waals surface area contributed by atoms with E-state index in [1.54, 1.807) is 0 Å². The standard InChI is InChI=1S/C20H31N3O3/c1-4-16-9-7-8-10-18(16)26-15-19(24)21-17-11-13-23(14-12-17)20(25)22(5-2)6-3/h7-10,17H,4-6,11-15H2,1-3H3,(H,21,24). The second-order valence-corrected chi connectivity index (χ2v) is 6.53. The van der Waals surface area contributed by atoms with Crippen LogP contribution in [-0.2, 0) is 11.2 Å². The van der Waals surface area contributed by atoms with Crippen LogP contribution in [0.25, 0.3) is 0 Å². The molecule has 1 heterocycles. The normalized spacial score (nSPS) is 14.8.